The second kappa shape index (κ2) is 8.11. The zero-order valence-corrected chi connectivity index (χ0v) is 14.7. The molecule has 0 atom stereocenters. The molecule has 0 bridgehead atoms. The lowest BCUT2D eigenvalue weighted by atomic mass is 10.2. The summed E-state index contributed by atoms with van der Waals surface area (Å²) < 4.78 is 18.2. The summed E-state index contributed by atoms with van der Waals surface area (Å²) in [6.45, 7) is 0.948. The van der Waals surface area contributed by atoms with Gasteiger partial charge in [0, 0.05) is 12.1 Å². The third-order valence-corrected chi connectivity index (χ3v) is 3.87. The minimum absolute atomic E-state index is 0.128. The number of nitrogens with zero attached hydrogens (tertiary/aromatic N) is 1. The topological polar surface area (TPSA) is 98.5 Å². The summed E-state index contributed by atoms with van der Waals surface area (Å²) in [6, 6.07) is 5.79. The highest BCUT2D eigenvalue weighted by atomic mass is 35.5. The Labute approximate surface area is 156 Å². The molecule has 0 radical (unpaired) electrons. The van der Waals surface area contributed by atoms with Crippen molar-refractivity contribution < 1.29 is 23.6 Å². The van der Waals surface area contributed by atoms with E-state index in [0.717, 1.165) is 12.1 Å². The smallest absolute Gasteiger partial charge is 0.340 e. The molecule has 0 unspecified atom stereocenters. The van der Waals surface area contributed by atoms with Gasteiger partial charge in [-0.05, 0) is 24.6 Å². The van der Waals surface area contributed by atoms with E-state index in [4.69, 9.17) is 27.9 Å². The van der Waals surface area contributed by atoms with Crippen molar-refractivity contribution in [2.45, 2.75) is 6.92 Å². The van der Waals surface area contributed by atoms with Crippen LogP contribution >= 0.6 is 23.2 Å². The van der Waals surface area contributed by atoms with Gasteiger partial charge in [0.2, 0.25) is 0 Å². The Morgan fingerprint density at radius 1 is 1.23 bits per heavy atom. The van der Waals surface area contributed by atoms with Gasteiger partial charge in [-0.25, -0.2) is 9.18 Å². The average Bonchev–Trinajstić information content (AvgIpc) is 2.57. The maximum absolute atomic E-state index is 13.4. The molecule has 2 aromatic rings. The van der Waals surface area contributed by atoms with E-state index in [1.54, 1.807) is 6.92 Å². The van der Waals surface area contributed by atoms with Crippen molar-refractivity contribution in [2.75, 3.05) is 11.9 Å². The largest absolute Gasteiger partial charge is 0.452 e. The number of nitro benzene ring substituents is 1. The van der Waals surface area contributed by atoms with Crippen LogP contribution in [0.25, 0.3) is 0 Å². The Morgan fingerprint density at radius 2 is 1.92 bits per heavy atom. The van der Waals surface area contributed by atoms with Gasteiger partial charge in [0.05, 0.1) is 26.2 Å². The molecule has 1 amide bonds. The lowest BCUT2D eigenvalue weighted by Crippen LogP contribution is -2.21. The molecule has 0 aliphatic rings. The van der Waals surface area contributed by atoms with Crippen LogP contribution in [0.3, 0.4) is 0 Å². The van der Waals surface area contributed by atoms with Gasteiger partial charge in [-0.15, -0.1) is 0 Å². The third-order valence-electron chi connectivity index (χ3n) is 3.27. The van der Waals surface area contributed by atoms with E-state index in [2.05, 4.69) is 5.32 Å². The Morgan fingerprint density at radius 3 is 2.58 bits per heavy atom. The fourth-order valence-electron chi connectivity index (χ4n) is 1.93. The number of nitrogens with one attached hydrogen (secondary N) is 1. The molecule has 0 saturated heterocycles. The Hall–Kier alpha value is -2.71. The number of non-ortho nitro benzene ring substituents is 1. The summed E-state index contributed by atoms with van der Waals surface area (Å²) in [7, 11) is 0. The summed E-state index contributed by atoms with van der Waals surface area (Å²) in [6.07, 6.45) is 0. The lowest BCUT2D eigenvalue weighted by Gasteiger charge is -2.09. The van der Waals surface area contributed by atoms with E-state index < -0.39 is 29.2 Å². The van der Waals surface area contributed by atoms with Crippen molar-refractivity contribution >= 4 is 46.5 Å². The molecule has 7 nitrogen and oxygen atoms in total. The van der Waals surface area contributed by atoms with Crippen LogP contribution in [-0.4, -0.2) is 23.4 Å². The number of aryl methyl sites for hydroxylation is 1. The van der Waals surface area contributed by atoms with Gasteiger partial charge in [0.1, 0.15) is 5.82 Å². The van der Waals surface area contributed by atoms with Crippen LogP contribution < -0.4 is 5.32 Å². The molecule has 0 saturated carbocycles. The predicted molar refractivity (Wildman–Crippen MR) is 93.2 cm³/mol. The number of anilines is 1. The molecule has 2 rings (SSSR count). The van der Waals surface area contributed by atoms with Crippen molar-refractivity contribution in [1.29, 1.82) is 0 Å². The van der Waals surface area contributed by atoms with Gasteiger partial charge < -0.3 is 10.1 Å². The molecule has 2 aromatic carbocycles. The molecule has 0 heterocycles. The molecule has 136 valence electrons. The van der Waals surface area contributed by atoms with Crippen LogP contribution in [-0.2, 0) is 9.53 Å². The quantitative estimate of drug-likeness (QED) is 0.351. The first-order chi connectivity index (χ1) is 12.2. The highest BCUT2D eigenvalue weighted by molar-refractivity contribution is 6.36. The van der Waals surface area contributed by atoms with Crippen LogP contribution in [0.1, 0.15) is 15.9 Å². The molecule has 26 heavy (non-hydrogen) atoms. The van der Waals surface area contributed by atoms with E-state index >= 15 is 0 Å². The molecular weight excluding hydrogens is 390 g/mol. The number of halogens is 3. The van der Waals surface area contributed by atoms with Gasteiger partial charge in [-0.1, -0.05) is 29.3 Å². The SMILES string of the molecule is Cc1ccc([N+](=O)[O-])cc1NC(=O)COC(=O)c1cc(F)c(Cl)cc1Cl. The molecule has 0 fully saturated rings. The Kier molecular flexibility index (Phi) is 6.12. The van der Waals surface area contributed by atoms with Crippen LogP contribution in [0.2, 0.25) is 10.0 Å². The minimum atomic E-state index is -1.02. The van der Waals surface area contributed by atoms with Crippen LogP contribution in [0, 0.1) is 22.9 Å². The first kappa shape index (κ1) is 19.6. The van der Waals surface area contributed by atoms with Crippen molar-refractivity contribution in [3.05, 3.63) is 67.4 Å². The number of esters is 1. The zero-order valence-electron chi connectivity index (χ0n) is 13.2. The maximum atomic E-state index is 13.4. The Balaban J connectivity index is 2.03. The number of rotatable bonds is 5. The molecule has 0 aliphatic heterocycles. The molecule has 1 N–H and O–H groups in total. The van der Waals surface area contributed by atoms with Gasteiger partial charge in [0.15, 0.2) is 6.61 Å². The first-order valence-corrected chi connectivity index (χ1v) is 7.81. The summed E-state index contributed by atoms with van der Waals surface area (Å²) in [5, 5.41) is 12.8. The summed E-state index contributed by atoms with van der Waals surface area (Å²) >= 11 is 11.3. The van der Waals surface area contributed by atoms with Gasteiger partial charge in [0.25, 0.3) is 11.6 Å². The number of carbonyl (C=O) groups is 2. The number of hydrogen-bond donors (Lipinski definition) is 1. The fourth-order valence-corrected chi connectivity index (χ4v) is 2.39. The zero-order chi connectivity index (χ0) is 19.4. The summed E-state index contributed by atoms with van der Waals surface area (Å²) in [5.41, 5.74) is 0.299. The lowest BCUT2D eigenvalue weighted by molar-refractivity contribution is -0.384. The van der Waals surface area contributed by atoms with Gasteiger partial charge in [-0.3, -0.25) is 14.9 Å². The third kappa shape index (κ3) is 4.68. The van der Waals surface area contributed by atoms with E-state index in [0.29, 0.717) is 5.56 Å². The summed E-state index contributed by atoms with van der Waals surface area (Å²) in [5.74, 6) is -2.61. The van der Waals surface area contributed by atoms with E-state index in [9.17, 15) is 24.1 Å². The second-order valence-corrected chi connectivity index (χ2v) is 5.94. The highest BCUT2D eigenvalue weighted by Crippen LogP contribution is 2.25. The highest BCUT2D eigenvalue weighted by Gasteiger charge is 2.17. The number of hydrogen-bond acceptors (Lipinski definition) is 5. The van der Waals surface area contributed by atoms with E-state index in [1.165, 1.54) is 18.2 Å². The molecule has 0 aliphatic carbocycles. The number of nitro groups is 1. The monoisotopic (exact) mass is 400 g/mol. The van der Waals surface area contributed by atoms with Crippen molar-refractivity contribution in [3.63, 3.8) is 0 Å². The minimum Gasteiger partial charge on any atom is -0.452 e. The number of ether oxygens (including phenoxy) is 1. The van der Waals surface area contributed by atoms with Crippen LogP contribution in [0.4, 0.5) is 15.8 Å². The van der Waals surface area contributed by atoms with Crippen molar-refractivity contribution in [1.82, 2.24) is 0 Å². The second-order valence-electron chi connectivity index (χ2n) is 5.13. The Bertz CT molecular complexity index is 904. The normalized spacial score (nSPS) is 10.3. The summed E-state index contributed by atoms with van der Waals surface area (Å²) in [4.78, 5) is 34.0. The standard InChI is InChI=1S/C16H11Cl2FN2O5/c1-8-2-3-9(21(24)25)4-14(8)20-15(22)7-26-16(23)10-5-13(19)12(18)6-11(10)17/h2-6H,7H2,1H3,(H,20,22). The first-order valence-electron chi connectivity index (χ1n) is 7.05. The van der Waals surface area contributed by atoms with Gasteiger partial charge >= 0.3 is 5.97 Å². The van der Waals surface area contributed by atoms with E-state index in [1.807, 2.05) is 0 Å². The van der Waals surface area contributed by atoms with Gasteiger partial charge in [-0.2, -0.15) is 0 Å². The average molecular weight is 401 g/mol. The van der Waals surface area contributed by atoms with Crippen LogP contribution in [0.15, 0.2) is 30.3 Å². The molecule has 0 aromatic heterocycles. The predicted octanol–water partition coefficient (Wildman–Crippen LogP) is 4.14. The number of benzene rings is 2. The molecule has 0 spiro atoms. The van der Waals surface area contributed by atoms with Crippen molar-refractivity contribution in [3.8, 4) is 0 Å². The van der Waals surface area contributed by atoms with Crippen molar-refractivity contribution in [2.24, 2.45) is 0 Å². The molecular formula is C16H11Cl2FN2O5. The molecule has 10 heteroatoms. The number of amides is 1. The maximum Gasteiger partial charge on any atom is 0.340 e. The van der Waals surface area contributed by atoms with Crippen LogP contribution in [0.5, 0.6) is 0 Å². The van der Waals surface area contributed by atoms with E-state index in [-0.39, 0.29) is 27.0 Å². The number of carbonyl (C=O) groups excluding carboxylic acids is 2. The fraction of sp³-hybridized carbons (Fsp3) is 0.125.